The van der Waals surface area contributed by atoms with Gasteiger partial charge < -0.3 is 49.9 Å². The third-order valence-electron chi connectivity index (χ3n) is 14.9. The Bertz CT molecular complexity index is 5340. The molecule has 0 saturated heterocycles. The van der Waals surface area contributed by atoms with Gasteiger partial charge in [0, 0.05) is 57.5 Å². The van der Waals surface area contributed by atoms with E-state index in [0.29, 0.717) is 50.2 Å². The zero-order valence-electron chi connectivity index (χ0n) is 55.4. The van der Waals surface area contributed by atoms with E-state index < -0.39 is 74.2 Å². The Balaban J connectivity index is 0.965. The highest BCUT2D eigenvalue weighted by atomic mass is 32.2. The molecule has 103 heavy (non-hydrogen) atoms. The molecular weight excluding hydrogens is 1420 g/mol. The lowest BCUT2D eigenvalue weighted by molar-refractivity contribution is 0.101. The standard InChI is InChI=1S/C67H67N11O21S4/c1-6-96-62-37-56(77-74-52-30-39(2)51(29-40(52)3)73-72-50-22-15-43-31-46(19-20-47(43)65(50)79)69-66(80)41-13-17-45(68)18-14-41)63(99-25-10-28-102(88,89)90)38-55(62)78-76-54-36-59(94-4)53(35-60(54)95-5)75-71-49-21-16-44(32-61(49)98-24-9-27-101(85,86)87)67(81)70-57-34-48-42(33-64(57)103(91,92)93)11-7-12-58(48)97-23-8-26-100(82,83)84/h7,11-22,29-38,79H,6,8-10,23-28,68H2,1-5H3,(H,69,80)(H,70,81)(H,82,83,84)(H,85,86,87)(H,88,89,90)(H,91,92,93). The van der Waals surface area contributed by atoms with E-state index in [1.165, 1.54) is 80.9 Å². The molecule has 0 unspecified atom stereocenters. The zero-order valence-corrected chi connectivity index (χ0v) is 58.7. The summed E-state index contributed by atoms with van der Waals surface area (Å²) < 4.78 is 168. The molecule has 9 rings (SSSR count). The Hall–Kier alpha value is -11.1. The SMILES string of the molecule is CCOc1cc(N=Nc2cc(C)c(N=Nc3ccc4cc(NC(=O)c5ccc(N)cc5)ccc4c3O)cc2C)c(OCCCS(=O)(=O)O)cc1N=Nc1cc(OC)c(N=Nc2ccc(C(=O)Nc3cc4c(OCCCS(=O)(=O)O)cccc4cc3S(=O)(=O)O)cc2OCCCS(=O)(=O)O)cc1OC. The lowest BCUT2D eigenvalue weighted by Crippen LogP contribution is -2.15. The van der Waals surface area contributed by atoms with Gasteiger partial charge in [-0.3, -0.25) is 27.8 Å². The summed E-state index contributed by atoms with van der Waals surface area (Å²) in [5.74, 6) is -3.00. The average Bonchev–Trinajstić information content (AvgIpc) is 0.786. The van der Waals surface area contributed by atoms with Gasteiger partial charge in [-0.25, -0.2) is 0 Å². The highest BCUT2D eigenvalue weighted by molar-refractivity contribution is 7.86. The molecule has 2 amide bonds. The number of benzene rings is 9. The number of methoxy groups -OCH3 is 2. The van der Waals surface area contributed by atoms with Crippen molar-refractivity contribution < 1.29 is 95.0 Å². The summed E-state index contributed by atoms with van der Waals surface area (Å²) in [6.45, 7) is 4.66. The second-order valence-electron chi connectivity index (χ2n) is 22.5. The summed E-state index contributed by atoms with van der Waals surface area (Å²) in [5, 5.41) is 53.6. The fourth-order valence-corrected chi connectivity index (χ4v) is 12.0. The number of phenolic OH excluding ortho intramolecular Hbond substituents is 1. The van der Waals surface area contributed by atoms with Crippen molar-refractivity contribution in [1.29, 1.82) is 0 Å². The van der Waals surface area contributed by atoms with Crippen LogP contribution in [0.15, 0.2) is 185 Å². The predicted octanol–water partition coefficient (Wildman–Crippen LogP) is 14.7. The summed E-state index contributed by atoms with van der Waals surface area (Å²) in [5.41, 5.74) is 9.22. The molecule has 36 heteroatoms. The molecule has 0 bridgehead atoms. The number of nitrogens with two attached hydrogens (primary N) is 1. The van der Waals surface area contributed by atoms with Crippen molar-refractivity contribution in [2.24, 2.45) is 40.9 Å². The Labute approximate surface area is 590 Å². The van der Waals surface area contributed by atoms with Crippen LogP contribution in [0.2, 0.25) is 0 Å². The zero-order chi connectivity index (χ0) is 74.4. The van der Waals surface area contributed by atoms with Crippen molar-refractivity contribution in [3.8, 4) is 40.2 Å². The number of rotatable bonds is 32. The lowest BCUT2D eigenvalue weighted by Gasteiger charge is -2.15. The molecule has 0 spiro atoms. The fourth-order valence-electron chi connectivity index (χ4n) is 9.86. The number of aryl methyl sites for hydroxylation is 2. The summed E-state index contributed by atoms with van der Waals surface area (Å²) in [7, 11) is -15.4. The number of hydrogen-bond donors (Lipinski definition) is 8. The van der Waals surface area contributed by atoms with E-state index in [4.69, 9.17) is 38.7 Å². The normalized spacial score (nSPS) is 12.2. The van der Waals surface area contributed by atoms with E-state index in [1.54, 1.807) is 87.5 Å². The van der Waals surface area contributed by atoms with Crippen LogP contribution in [0.4, 0.5) is 62.6 Å². The summed E-state index contributed by atoms with van der Waals surface area (Å²) in [4.78, 5) is 26.1. The summed E-state index contributed by atoms with van der Waals surface area (Å²) in [6, 6.07) is 34.6. The molecule has 0 heterocycles. The highest BCUT2D eigenvalue weighted by Gasteiger charge is 2.23. The number of carbonyl (C=O) groups is 2. The van der Waals surface area contributed by atoms with Crippen LogP contribution in [0.1, 0.15) is 58.0 Å². The maximum Gasteiger partial charge on any atom is 0.296 e. The average molecular weight is 1490 g/mol. The number of anilines is 3. The fraction of sp³-hybridized carbons (Fsp3) is 0.224. The van der Waals surface area contributed by atoms with E-state index in [1.807, 2.05) is 0 Å². The van der Waals surface area contributed by atoms with Crippen LogP contribution in [-0.2, 0) is 40.5 Å². The van der Waals surface area contributed by atoms with Gasteiger partial charge in [-0.2, -0.15) is 43.9 Å². The number of aromatic hydroxyl groups is 1. The molecular formula is C67H67N11O21S4. The molecule has 0 saturated carbocycles. The third kappa shape index (κ3) is 21.0. The molecule has 540 valence electrons. The van der Waals surface area contributed by atoms with Gasteiger partial charge in [0.15, 0.2) is 5.75 Å². The third-order valence-corrected chi connectivity index (χ3v) is 18.2. The first kappa shape index (κ1) is 76.1. The number of carbonyl (C=O) groups excluding carboxylic acids is 2. The van der Waals surface area contributed by atoms with E-state index in [-0.39, 0.29) is 142 Å². The molecule has 0 aliphatic heterocycles. The number of phenols is 1. The number of nitrogens with zero attached hydrogens (tertiary/aromatic N) is 8. The molecule has 0 fully saturated rings. The van der Waals surface area contributed by atoms with Crippen molar-refractivity contribution in [2.75, 3.05) is 74.3 Å². The first-order chi connectivity index (χ1) is 48.8. The van der Waals surface area contributed by atoms with E-state index in [0.717, 1.165) is 6.07 Å². The largest absolute Gasteiger partial charge is 0.505 e. The van der Waals surface area contributed by atoms with E-state index in [2.05, 4.69) is 51.5 Å². The number of fused-ring (bicyclic) bond motifs is 2. The highest BCUT2D eigenvalue weighted by Crippen LogP contribution is 2.46. The molecule has 9 N–H and O–H groups in total. The number of nitrogen functional groups attached to an aromatic ring is 1. The van der Waals surface area contributed by atoms with Gasteiger partial charge in [-0.05, 0) is 159 Å². The molecule has 9 aromatic carbocycles. The minimum atomic E-state index is -5.00. The Kier molecular flexibility index (Phi) is 24.5. The van der Waals surface area contributed by atoms with Gasteiger partial charge in [0.05, 0.1) is 75.0 Å². The van der Waals surface area contributed by atoms with Crippen LogP contribution < -0.4 is 44.8 Å². The van der Waals surface area contributed by atoms with E-state index >= 15 is 0 Å². The lowest BCUT2D eigenvalue weighted by atomic mass is 10.1. The van der Waals surface area contributed by atoms with Crippen LogP contribution in [-0.4, -0.2) is 127 Å². The van der Waals surface area contributed by atoms with Gasteiger partial charge in [-0.15, -0.1) is 30.7 Å². The van der Waals surface area contributed by atoms with Crippen LogP contribution in [0.3, 0.4) is 0 Å². The van der Waals surface area contributed by atoms with Gasteiger partial charge in [0.2, 0.25) is 0 Å². The van der Waals surface area contributed by atoms with Crippen molar-refractivity contribution >= 4 is 136 Å². The van der Waals surface area contributed by atoms with Crippen molar-refractivity contribution in [2.45, 2.75) is 44.9 Å². The molecule has 0 aliphatic carbocycles. The van der Waals surface area contributed by atoms with Crippen LogP contribution >= 0.6 is 0 Å². The van der Waals surface area contributed by atoms with Crippen molar-refractivity contribution in [1.82, 2.24) is 0 Å². The van der Waals surface area contributed by atoms with Gasteiger partial charge >= 0.3 is 0 Å². The predicted molar refractivity (Wildman–Crippen MR) is 382 cm³/mol. The molecule has 0 aromatic heterocycles. The quantitative estimate of drug-likeness (QED) is 0.00840. The number of azo groups is 4. The van der Waals surface area contributed by atoms with Crippen LogP contribution in [0.5, 0.6) is 40.2 Å². The van der Waals surface area contributed by atoms with Gasteiger partial charge in [0.25, 0.3) is 52.3 Å². The molecule has 0 atom stereocenters. The number of nitrogens with one attached hydrogen (secondary N) is 2. The van der Waals surface area contributed by atoms with Gasteiger partial charge in [0.1, 0.15) is 73.5 Å². The first-order valence-corrected chi connectivity index (χ1v) is 37.1. The second kappa shape index (κ2) is 33.1. The van der Waals surface area contributed by atoms with Crippen molar-refractivity contribution in [3.05, 3.63) is 162 Å². The Morgan fingerprint density at radius 3 is 1.41 bits per heavy atom. The van der Waals surface area contributed by atoms with E-state index in [9.17, 15) is 62.0 Å². The summed E-state index contributed by atoms with van der Waals surface area (Å²) in [6.07, 6.45) is -0.465. The van der Waals surface area contributed by atoms with Crippen LogP contribution in [0, 0.1) is 13.8 Å². The molecule has 0 radical (unpaired) electrons. The van der Waals surface area contributed by atoms with Crippen LogP contribution in [0.25, 0.3) is 21.5 Å². The molecule has 9 aromatic rings. The second-order valence-corrected chi connectivity index (χ2v) is 28.6. The number of amides is 2. The topological polar surface area (TPSA) is 476 Å². The summed E-state index contributed by atoms with van der Waals surface area (Å²) >= 11 is 0. The maximum absolute atomic E-state index is 14.0. The first-order valence-electron chi connectivity index (χ1n) is 30.9. The smallest absolute Gasteiger partial charge is 0.296 e. The Morgan fingerprint density at radius 1 is 0.437 bits per heavy atom. The number of hydrogen-bond acceptors (Lipinski definition) is 26. The molecule has 32 nitrogen and oxygen atoms in total. The minimum absolute atomic E-state index is 0.0428. The van der Waals surface area contributed by atoms with Crippen molar-refractivity contribution in [3.63, 3.8) is 0 Å². The minimum Gasteiger partial charge on any atom is -0.505 e. The monoisotopic (exact) mass is 1490 g/mol. The van der Waals surface area contributed by atoms with Gasteiger partial charge in [-0.1, -0.05) is 18.2 Å². The maximum atomic E-state index is 14.0. The molecule has 0 aliphatic rings. The Morgan fingerprint density at radius 2 is 0.883 bits per heavy atom. The number of ether oxygens (including phenoxy) is 6.